The Morgan fingerprint density at radius 3 is 2.63 bits per heavy atom. The first-order chi connectivity index (χ1) is 9.08. The number of ether oxygens (including phenoxy) is 1. The second kappa shape index (κ2) is 5.85. The van der Waals surface area contributed by atoms with E-state index >= 15 is 0 Å². The Balaban J connectivity index is 2.18. The molecule has 1 unspecified atom stereocenters. The molecule has 0 aliphatic heterocycles. The number of rotatable bonds is 4. The molecule has 0 amide bonds. The van der Waals surface area contributed by atoms with Crippen molar-refractivity contribution in [2.45, 2.75) is 26.5 Å². The number of hydrogen-bond acceptors (Lipinski definition) is 2. The zero-order chi connectivity index (χ0) is 13.8. The second-order valence-corrected chi connectivity index (χ2v) is 4.71. The van der Waals surface area contributed by atoms with Crippen molar-refractivity contribution in [3.8, 4) is 5.75 Å². The summed E-state index contributed by atoms with van der Waals surface area (Å²) in [6.07, 6.45) is 0. The molecule has 0 aliphatic carbocycles. The van der Waals surface area contributed by atoms with Gasteiger partial charge in [-0.25, -0.2) is 4.39 Å². The Morgan fingerprint density at radius 2 is 1.95 bits per heavy atom. The van der Waals surface area contributed by atoms with Gasteiger partial charge in [-0.2, -0.15) is 0 Å². The second-order valence-electron chi connectivity index (χ2n) is 4.71. The summed E-state index contributed by atoms with van der Waals surface area (Å²) in [7, 11) is 0. The Labute approximate surface area is 113 Å². The van der Waals surface area contributed by atoms with Gasteiger partial charge in [-0.3, -0.25) is 0 Å². The summed E-state index contributed by atoms with van der Waals surface area (Å²) in [6, 6.07) is 12.3. The third-order valence-corrected chi connectivity index (χ3v) is 3.00. The van der Waals surface area contributed by atoms with E-state index in [-0.39, 0.29) is 18.5 Å². The average Bonchev–Trinajstić information content (AvgIpc) is 2.38. The van der Waals surface area contributed by atoms with Crippen LogP contribution in [0, 0.1) is 12.7 Å². The van der Waals surface area contributed by atoms with Crippen molar-refractivity contribution in [3.05, 3.63) is 65.0 Å². The molecule has 2 N–H and O–H groups in total. The minimum Gasteiger partial charge on any atom is -0.488 e. The molecule has 1 atom stereocenters. The molecular formula is C16H18FNO. The van der Waals surface area contributed by atoms with E-state index < -0.39 is 0 Å². The van der Waals surface area contributed by atoms with E-state index in [0.717, 1.165) is 11.1 Å². The minimum atomic E-state index is -0.253. The maximum absolute atomic E-state index is 13.5. The lowest BCUT2D eigenvalue weighted by Crippen LogP contribution is -2.08. The lowest BCUT2D eigenvalue weighted by molar-refractivity contribution is 0.295. The van der Waals surface area contributed by atoms with Crippen LogP contribution >= 0.6 is 0 Å². The smallest absolute Gasteiger partial charge is 0.129 e. The Hall–Kier alpha value is -1.87. The molecule has 0 saturated carbocycles. The predicted octanol–water partition coefficient (Wildman–Crippen LogP) is 3.73. The summed E-state index contributed by atoms with van der Waals surface area (Å²) in [5.41, 5.74) is 8.54. The fourth-order valence-corrected chi connectivity index (χ4v) is 1.93. The summed E-state index contributed by atoms with van der Waals surface area (Å²) in [5, 5.41) is 0. The van der Waals surface area contributed by atoms with Crippen molar-refractivity contribution in [3.63, 3.8) is 0 Å². The molecule has 100 valence electrons. The molecule has 2 aromatic rings. The van der Waals surface area contributed by atoms with Gasteiger partial charge in [0.2, 0.25) is 0 Å². The fraction of sp³-hybridized carbons (Fsp3) is 0.250. The van der Waals surface area contributed by atoms with Crippen LogP contribution in [0.3, 0.4) is 0 Å². The monoisotopic (exact) mass is 259 g/mol. The quantitative estimate of drug-likeness (QED) is 0.908. The molecule has 0 heterocycles. The standard InChI is InChI=1S/C16H18FNO/c1-11-7-8-16(14(9-11)12(2)18)19-10-13-5-3-4-6-15(13)17/h3-9,12H,10,18H2,1-2H3. The van der Waals surface area contributed by atoms with Crippen LogP contribution in [0.25, 0.3) is 0 Å². The van der Waals surface area contributed by atoms with Gasteiger partial charge >= 0.3 is 0 Å². The molecule has 3 heteroatoms. The molecule has 2 nitrogen and oxygen atoms in total. The first kappa shape index (κ1) is 13.6. The average molecular weight is 259 g/mol. The first-order valence-corrected chi connectivity index (χ1v) is 6.30. The molecule has 0 aliphatic rings. The molecule has 19 heavy (non-hydrogen) atoms. The van der Waals surface area contributed by atoms with E-state index in [2.05, 4.69) is 0 Å². The van der Waals surface area contributed by atoms with E-state index in [9.17, 15) is 4.39 Å². The van der Waals surface area contributed by atoms with Crippen molar-refractivity contribution in [2.24, 2.45) is 5.73 Å². The molecule has 0 radical (unpaired) electrons. The number of aryl methyl sites for hydroxylation is 1. The van der Waals surface area contributed by atoms with Gasteiger partial charge in [0.25, 0.3) is 0 Å². The van der Waals surface area contributed by atoms with Gasteiger partial charge < -0.3 is 10.5 Å². The zero-order valence-corrected chi connectivity index (χ0v) is 11.2. The van der Waals surface area contributed by atoms with Crippen LogP contribution in [0.1, 0.15) is 29.7 Å². The van der Waals surface area contributed by atoms with E-state index in [1.54, 1.807) is 18.2 Å². The van der Waals surface area contributed by atoms with Gasteiger partial charge in [0.1, 0.15) is 18.2 Å². The van der Waals surface area contributed by atoms with Gasteiger partial charge in [-0.1, -0.05) is 35.9 Å². The van der Waals surface area contributed by atoms with E-state index in [1.807, 2.05) is 32.0 Å². The summed E-state index contributed by atoms with van der Waals surface area (Å²) in [4.78, 5) is 0. The first-order valence-electron chi connectivity index (χ1n) is 6.30. The van der Waals surface area contributed by atoms with Crippen molar-refractivity contribution in [1.82, 2.24) is 0 Å². The lowest BCUT2D eigenvalue weighted by atomic mass is 10.1. The highest BCUT2D eigenvalue weighted by Gasteiger charge is 2.09. The maximum atomic E-state index is 13.5. The van der Waals surface area contributed by atoms with Crippen LogP contribution in [0.2, 0.25) is 0 Å². The van der Waals surface area contributed by atoms with Gasteiger partial charge in [0.15, 0.2) is 0 Å². The lowest BCUT2D eigenvalue weighted by Gasteiger charge is -2.15. The van der Waals surface area contributed by atoms with Crippen LogP contribution in [0.15, 0.2) is 42.5 Å². The molecule has 0 spiro atoms. The highest BCUT2D eigenvalue weighted by Crippen LogP contribution is 2.26. The van der Waals surface area contributed by atoms with Gasteiger partial charge in [0, 0.05) is 17.2 Å². The Morgan fingerprint density at radius 1 is 1.21 bits per heavy atom. The minimum absolute atomic E-state index is 0.115. The molecule has 0 aromatic heterocycles. The molecule has 0 bridgehead atoms. The number of halogens is 1. The number of nitrogens with two attached hydrogens (primary N) is 1. The molecule has 0 fully saturated rings. The van der Waals surface area contributed by atoms with Crippen molar-refractivity contribution < 1.29 is 9.13 Å². The molecule has 2 rings (SSSR count). The molecule has 2 aromatic carbocycles. The molecular weight excluding hydrogens is 241 g/mol. The van der Waals surface area contributed by atoms with Crippen LogP contribution in [0.5, 0.6) is 5.75 Å². The normalized spacial score (nSPS) is 12.2. The topological polar surface area (TPSA) is 35.2 Å². The third kappa shape index (κ3) is 3.32. The SMILES string of the molecule is Cc1ccc(OCc2ccccc2F)c(C(C)N)c1. The van der Waals surface area contributed by atoms with Crippen molar-refractivity contribution in [2.75, 3.05) is 0 Å². The van der Waals surface area contributed by atoms with E-state index in [1.165, 1.54) is 6.07 Å². The highest BCUT2D eigenvalue weighted by atomic mass is 19.1. The largest absolute Gasteiger partial charge is 0.488 e. The van der Waals surface area contributed by atoms with Crippen LogP contribution in [0.4, 0.5) is 4.39 Å². The van der Waals surface area contributed by atoms with Crippen molar-refractivity contribution in [1.29, 1.82) is 0 Å². The van der Waals surface area contributed by atoms with Gasteiger partial charge in [-0.15, -0.1) is 0 Å². The van der Waals surface area contributed by atoms with Crippen LogP contribution in [-0.4, -0.2) is 0 Å². The van der Waals surface area contributed by atoms with E-state index in [0.29, 0.717) is 11.3 Å². The Kier molecular flexibility index (Phi) is 4.17. The number of benzene rings is 2. The highest BCUT2D eigenvalue weighted by molar-refractivity contribution is 5.39. The summed E-state index contributed by atoms with van der Waals surface area (Å²) in [5.74, 6) is 0.459. The molecule has 0 saturated heterocycles. The fourth-order valence-electron chi connectivity index (χ4n) is 1.93. The summed E-state index contributed by atoms with van der Waals surface area (Å²) < 4.78 is 19.2. The zero-order valence-electron chi connectivity index (χ0n) is 11.2. The third-order valence-electron chi connectivity index (χ3n) is 3.00. The predicted molar refractivity (Wildman–Crippen MR) is 74.5 cm³/mol. The van der Waals surface area contributed by atoms with Gasteiger partial charge in [0.05, 0.1) is 0 Å². The maximum Gasteiger partial charge on any atom is 0.129 e. The van der Waals surface area contributed by atoms with E-state index in [4.69, 9.17) is 10.5 Å². The van der Waals surface area contributed by atoms with Crippen LogP contribution < -0.4 is 10.5 Å². The summed E-state index contributed by atoms with van der Waals surface area (Å²) in [6.45, 7) is 4.12. The van der Waals surface area contributed by atoms with Crippen LogP contribution in [-0.2, 0) is 6.61 Å². The summed E-state index contributed by atoms with van der Waals surface area (Å²) >= 11 is 0. The van der Waals surface area contributed by atoms with Gasteiger partial charge in [-0.05, 0) is 26.0 Å². The Bertz CT molecular complexity index is 566. The number of hydrogen-bond donors (Lipinski definition) is 1. The van der Waals surface area contributed by atoms with Crippen molar-refractivity contribution >= 4 is 0 Å².